The molecule has 1 heterocycles. The van der Waals surface area contributed by atoms with Crippen LogP contribution >= 0.6 is 0 Å². The summed E-state index contributed by atoms with van der Waals surface area (Å²) >= 11 is 0. The van der Waals surface area contributed by atoms with Crippen molar-refractivity contribution in [1.82, 2.24) is 8.61 Å². The number of aliphatic hydroxyl groups is 1. The van der Waals surface area contributed by atoms with E-state index in [0.717, 1.165) is 25.7 Å². The molecule has 106 valence electrons. The molecular formula is C12H24N2O3S. The number of rotatable bonds is 7. The van der Waals surface area contributed by atoms with Crippen LogP contribution in [0.25, 0.3) is 0 Å². The van der Waals surface area contributed by atoms with Gasteiger partial charge in [0, 0.05) is 26.2 Å². The molecular weight excluding hydrogens is 252 g/mol. The maximum atomic E-state index is 12.4. The maximum absolute atomic E-state index is 12.4. The van der Waals surface area contributed by atoms with E-state index in [-0.39, 0.29) is 13.1 Å². The summed E-state index contributed by atoms with van der Waals surface area (Å²) < 4.78 is 27.7. The lowest BCUT2D eigenvalue weighted by Gasteiger charge is -2.47. The molecule has 0 radical (unpaired) electrons. The maximum Gasteiger partial charge on any atom is 0.282 e. The third-order valence-electron chi connectivity index (χ3n) is 3.84. The Labute approximate surface area is 110 Å². The van der Waals surface area contributed by atoms with Gasteiger partial charge in [-0.25, -0.2) is 0 Å². The fourth-order valence-electron chi connectivity index (χ4n) is 2.61. The fourth-order valence-corrected chi connectivity index (χ4v) is 4.54. The molecule has 1 aliphatic carbocycles. The van der Waals surface area contributed by atoms with Gasteiger partial charge in [0.2, 0.25) is 0 Å². The lowest BCUT2D eigenvalue weighted by Crippen LogP contribution is -2.66. The first kappa shape index (κ1) is 14.2. The van der Waals surface area contributed by atoms with E-state index in [1.165, 1.54) is 4.31 Å². The molecule has 2 rings (SSSR count). The molecule has 1 N–H and O–H groups in total. The second-order valence-corrected chi connectivity index (χ2v) is 7.48. The smallest absolute Gasteiger partial charge is 0.282 e. The number of β-amino-alcohol motifs (C(OH)–C–C–N with tert-alkyl or cyclic N) is 1. The molecule has 2 fully saturated rings. The molecule has 6 heteroatoms. The van der Waals surface area contributed by atoms with Crippen molar-refractivity contribution in [3.05, 3.63) is 0 Å². The van der Waals surface area contributed by atoms with E-state index < -0.39 is 15.8 Å². The zero-order valence-corrected chi connectivity index (χ0v) is 12.1. The average molecular weight is 276 g/mol. The van der Waals surface area contributed by atoms with E-state index in [0.29, 0.717) is 19.0 Å². The Bertz CT molecular complexity index is 380. The van der Waals surface area contributed by atoms with Crippen molar-refractivity contribution in [2.75, 3.05) is 26.2 Å². The molecule has 1 saturated carbocycles. The molecule has 2 aliphatic rings. The molecule has 0 aromatic heterocycles. The van der Waals surface area contributed by atoms with Gasteiger partial charge < -0.3 is 5.11 Å². The number of hydrogen-bond donors (Lipinski definition) is 1. The first-order chi connectivity index (χ1) is 8.44. The van der Waals surface area contributed by atoms with Crippen molar-refractivity contribution in [2.24, 2.45) is 5.92 Å². The van der Waals surface area contributed by atoms with Crippen LogP contribution in [-0.4, -0.2) is 53.9 Å². The highest BCUT2D eigenvalue weighted by atomic mass is 32.2. The van der Waals surface area contributed by atoms with Crippen LogP contribution in [0.5, 0.6) is 0 Å². The summed E-state index contributed by atoms with van der Waals surface area (Å²) in [6.45, 7) is 5.65. The number of hydrogen-bond acceptors (Lipinski definition) is 3. The van der Waals surface area contributed by atoms with Crippen molar-refractivity contribution >= 4 is 10.2 Å². The molecule has 18 heavy (non-hydrogen) atoms. The van der Waals surface area contributed by atoms with Gasteiger partial charge in [-0.15, -0.1) is 0 Å². The molecule has 1 aliphatic heterocycles. The van der Waals surface area contributed by atoms with Crippen molar-refractivity contribution in [3.63, 3.8) is 0 Å². The van der Waals surface area contributed by atoms with E-state index in [4.69, 9.17) is 0 Å². The van der Waals surface area contributed by atoms with Crippen molar-refractivity contribution < 1.29 is 13.5 Å². The Morgan fingerprint density at radius 2 is 1.72 bits per heavy atom. The summed E-state index contributed by atoms with van der Waals surface area (Å²) in [7, 11) is -3.36. The van der Waals surface area contributed by atoms with Crippen LogP contribution in [0.2, 0.25) is 0 Å². The first-order valence-electron chi connectivity index (χ1n) is 6.91. The summed E-state index contributed by atoms with van der Waals surface area (Å²) in [6, 6.07) is 0. The van der Waals surface area contributed by atoms with Crippen LogP contribution < -0.4 is 0 Å². The van der Waals surface area contributed by atoms with Gasteiger partial charge in [-0.1, -0.05) is 13.8 Å². The van der Waals surface area contributed by atoms with Crippen LogP contribution in [0, 0.1) is 5.92 Å². The van der Waals surface area contributed by atoms with Crippen LogP contribution in [0.4, 0.5) is 0 Å². The van der Waals surface area contributed by atoms with E-state index in [9.17, 15) is 13.5 Å². The van der Waals surface area contributed by atoms with Crippen LogP contribution in [0.15, 0.2) is 0 Å². The van der Waals surface area contributed by atoms with Crippen LogP contribution in [0.1, 0.15) is 39.5 Å². The third-order valence-corrected chi connectivity index (χ3v) is 5.76. The van der Waals surface area contributed by atoms with E-state index >= 15 is 0 Å². The normalized spacial score (nSPS) is 24.2. The molecule has 0 spiro atoms. The molecule has 0 atom stereocenters. The predicted octanol–water partition coefficient (Wildman–Crippen LogP) is 0.810. The Hall–Kier alpha value is -0.170. The summed E-state index contributed by atoms with van der Waals surface area (Å²) in [4.78, 5) is 0. The zero-order chi connectivity index (χ0) is 13.4. The van der Waals surface area contributed by atoms with Crippen LogP contribution in [-0.2, 0) is 10.2 Å². The highest BCUT2D eigenvalue weighted by Gasteiger charge is 2.55. The average Bonchev–Trinajstić information content (AvgIpc) is 3.08. The van der Waals surface area contributed by atoms with Gasteiger partial charge in [0.05, 0.1) is 5.60 Å². The topological polar surface area (TPSA) is 60.9 Å². The highest BCUT2D eigenvalue weighted by Crippen LogP contribution is 2.45. The fraction of sp³-hybridized carbons (Fsp3) is 1.00. The first-order valence-corrected chi connectivity index (χ1v) is 8.31. The summed E-state index contributed by atoms with van der Waals surface area (Å²) in [5.41, 5.74) is -0.739. The second-order valence-electron chi connectivity index (χ2n) is 5.55. The van der Waals surface area contributed by atoms with Crippen molar-refractivity contribution in [3.8, 4) is 0 Å². The monoisotopic (exact) mass is 276 g/mol. The van der Waals surface area contributed by atoms with Gasteiger partial charge in [0.1, 0.15) is 0 Å². The van der Waals surface area contributed by atoms with Gasteiger partial charge in [-0.3, -0.25) is 0 Å². The van der Waals surface area contributed by atoms with E-state index in [1.807, 2.05) is 13.8 Å². The Kier molecular flexibility index (Phi) is 4.02. The molecule has 5 nitrogen and oxygen atoms in total. The van der Waals surface area contributed by atoms with Crippen LogP contribution in [0.3, 0.4) is 0 Å². The zero-order valence-electron chi connectivity index (χ0n) is 11.3. The summed E-state index contributed by atoms with van der Waals surface area (Å²) in [6.07, 6.45) is 3.72. The molecule has 0 bridgehead atoms. The molecule has 0 aromatic rings. The van der Waals surface area contributed by atoms with Gasteiger partial charge in [-0.05, 0) is 31.6 Å². The lowest BCUT2D eigenvalue weighted by molar-refractivity contribution is -0.0784. The molecule has 1 saturated heterocycles. The highest BCUT2D eigenvalue weighted by molar-refractivity contribution is 7.86. The predicted molar refractivity (Wildman–Crippen MR) is 70.3 cm³/mol. The summed E-state index contributed by atoms with van der Waals surface area (Å²) in [5, 5.41) is 10.2. The minimum absolute atomic E-state index is 0.282. The van der Waals surface area contributed by atoms with Gasteiger partial charge in [0.15, 0.2) is 0 Å². The molecule has 0 aromatic carbocycles. The van der Waals surface area contributed by atoms with Gasteiger partial charge in [-0.2, -0.15) is 17.0 Å². The summed E-state index contributed by atoms with van der Waals surface area (Å²) in [5.74, 6) is 0.328. The Morgan fingerprint density at radius 3 is 2.11 bits per heavy atom. The molecule has 0 unspecified atom stereocenters. The standard InChI is InChI=1S/C12H24N2O3S/c1-3-7-13(8-4-2)18(16,17)14-9-12(15,10-14)11-5-6-11/h11,15H,3-10H2,1-2H3. The van der Waals surface area contributed by atoms with Gasteiger partial charge >= 0.3 is 0 Å². The Balaban J connectivity index is 1.98. The third kappa shape index (κ3) is 2.57. The van der Waals surface area contributed by atoms with Crippen molar-refractivity contribution in [2.45, 2.75) is 45.1 Å². The Morgan fingerprint density at radius 1 is 1.22 bits per heavy atom. The van der Waals surface area contributed by atoms with Crippen molar-refractivity contribution in [1.29, 1.82) is 0 Å². The largest absolute Gasteiger partial charge is 0.387 e. The minimum Gasteiger partial charge on any atom is -0.387 e. The SMILES string of the molecule is CCCN(CCC)S(=O)(=O)N1CC(O)(C2CC2)C1. The van der Waals surface area contributed by atoms with Gasteiger partial charge in [0.25, 0.3) is 10.2 Å². The minimum atomic E-state index is -3.36. The quantitative estimate of drug-likeness (QED) is 0.748. The number of nitrogens with zero attached hydrogens (tertiary/aromatic N) is 2. The lowest BCUT2D eigenvalue weighted by atomic mass is 9.91. The second kappa shape index (κ2) is 5.07. The molecule has 0 amide bonds. The van der Waals surface area contributed by atoms with E-state index in [2.05, 4.69) is 0 Å². The van der Waals surface area contributed by atoms with E-state index in [1.54, 1.807) is 4.31 Å².